The first kappa shape index (κ1) is 11.0. The van der Waals surface area contributed by atoms with Gasteiger partial charge in [-0.25, -0.2) is 4.39 Å². The summed E-state index contributed by atoms with van der Waals surface area (Å²) in [6.07, 6.45) is 1.24. The lowest BCUT2D eigenvalue weighted by Gasteiger charge is -2.04. The van der Waals surface area contributed by atoms with Gasteiger partial charge >= 0.3 is 5.97 Å². The lowest BCUT2D eigenvalue weighted by molar-refractivity contribution is -0.136. The molecule has 1 aromatic heterocycles. The predicted octanol–water partition coefficient (Wildman–Crippen LogP) is 2.76. The van der Waals surface area contributed by atoms with Gasteiger partial charge in [0.05, 0.1) is 11.9 Å². The third-order valence-electron chi connectivity index (χ3n) is 2.19. The highest BCUT2D eigenvalue weighted by atomic mass is 79.9. The molecule has 5 heteroatoms. The van der Waals surface area contributed by atoms with E-state index < -0.39 is 11.8 Å². The number of carbonyl (C=O) groups is 1. The number of carboxylic acids is 1. The smallest absolute Gasteiger partial charge is 0.307 e. The van der Waals surface area contributed by atoms with E-state index in [9.17, 15) is 9.18 Å². The SMILES string of the molecule is O=C(O)Cc1ccc2ncc(Br)cc2c1F. The number of nitrogens with zero attached hydrogens (tertiary/aromatic N) is 1. The molecule has 16 heavy (non-hydrogen) atoms. The number of pyridine rings is 1. The van der Waals surface area contributed by atoms with Crippen LogP contribution in [0, 0.1) is 5.82 Å². The van der Waals surface area contributed by atoms with Crippen molar-refractivity contribution in [3.63, 3.8) is 0 Å². The third kappa shape index (κ3) is 2.04. The highest BCUT2D eigenvalue weighted by Gasteiger charge is 2.11. The number of aliphatic carboxylic acids is 1. The maximum Gasteiger partial charge on any atom is 0.307 e. The normalized spacial score (nSPS) is 10.6. The Morgan fingerprint density at radius 3 is 2.94 bits per heavy atom. The number of rotatable bonds is 2. The van der Waals surface area contributed by atoms with Crippen molar-refractivity contribution in [2.24, 2.45) is 0 Å². The van der Waals surface area contributed by atoms with Crippen molar-refractivity contribution < 1.29 is 14.3 Å². The van der Waals surface area contributed by atoms with E-state index in [0.717, 1.165) is 0 Å². The molecule has 0 aliphatic heterocycles. The molecule has 0 atom stereocenters. The van der Waals surface area contributed by atoms with Crippen molar-refractivity contribution in [3.8, 4) is 0 Å². The van der Waals surface area contributed by atoms with Crippen LogP contribution in [0.2, 0.25) is 0 Å². The van der Waals surface area contributed by atoms with Gasteiger partial charge < -0.3 is 5.11 Å². The zero-order valence-electron chi connectivity index (χ0n) is 8.08. The van der Waals surface area contributed by atoms with Gasteiger partial charge in [0, 0.05) is 16.1 Å². The molecule has 0 unspecified atom stereocenters. The molecule has 0 saturated carbocycles. The maximum absolute atomic E-state index is 13.9. The quantitative estimate of drug-likeness (QED) is 0.922. The first-order valence-corrected chi connectivity index (χ1v) is 5.31. The Morgan fingerprint density at radius 1 is 1.50 bits per heavy atom. The summed E-state index contributed by atoms with van der Waals surface area (Å²) >= 11 is 3.20. The summed E-state index contributed by atoms with van der Waals surface area (Å²) in [6.45, 7) is 0. The molecule has 1 N–H and O–H groups in total. The summed E-state index contributed by atoms with van der Waals surface area (Å²) in [5, 5.41) is 8.95. The molecule has 2 aromatic rings. The van der Waals surface area contributed by atoms with Gasteiger partial charge in [0.2, 0.25) is 0 Å². The molecular weight excluding hydrogens is 277 g/mol. The van der Waals surface area contributed by atoms with Crippen LogP contribution in [0.5, 0.6) is 0 Å². The van der Waals surface area contributed by atoms with E-state index in [0.29, 0.717) is 15.4 Å². The van der Waals surface area contributed by atoms with Crippen LogP contribution in [0.1, 0.15) is 5.56 Å². The van der Waals surface area contributed by atoms with Crippen LogP contribution in [-0.4, -0.2) is 16.1 Å². The molecule has 0 aliphatic rings. The fourth-order valence-corrected chi connectivity index (χ4v) is 1.81. The molecule has 3 nitrogen and oxygen atoms in total. The summed E-state index contributed by atoms with van der Waals surface area (Å²) in [4.78, 5) is 14.6. The lowest BCUT2D eigenvalue weighted by atomic mass is 10.1. The molecule has 0 radical (unpaired) electrons. The number of hydrogen-bond donors (Lipinski definition) is 1. The van der Waals surface area contributed by atoms with Crippen molar-refractivity contribution in [2.75, 3.05) is 0 Å². The van der Waals surface area contributed by atoms with Crippen LogP contribution in [0.25, 0.3) is 10.9 Å². The molecule has 0 amide bonds. The van der Waals surface area contributed by atoms with Crippen LogP contribution >= 0.6 is 15.9 Å². The van der Waals surface area contributed by atoms with E-state index in [4.69, 9.17) is 5.11 Å². The number of halogens is 2. The largest absolute Gasteiger partial charge is 0.481 e. The second kappa shape index (κ2) is 4.17. The Kier molecular flexibility index (Phi) is 2.87. The average molecular weight is 284 g/mol. The minimum Gasteiger partial charge on any atom is -0.481 e. The number of fused-ring (bicyclic) bond motifs is 1. The first-order chi connectivity index (χ1) is 7.58. The molecule has 1 heterocycles. The molecule has 0 bridgehead atoms. The highest BCUT2D eigenvalue weighted by molar-refractivity contribution is 9.10. The number of carboxylic acid groups (broad SMARTS) is 1. The summed E-state index contributed by atoms with van der Waals surface area (Å²) in [6, 6.07) is 4.65. The molecule has 0 spiro atoms. The van der Waals surface area contributed by atoms with Crippen LogP contribution in [0.3, 0.4) is 0 Å². The fraction of sp³-hybridized carbons (Fsp3) is 0.0909. The Hall–Kier alpha value is -1.49. The second-order valence-corrected chi connectivity index (χ2v) is 4.25. The van der Waals surface area contributed by atoms with Crippen molar-refractivity contribution >= 4 is 32.8 Å². The molecule has 1 aromatic carbocycles. The van der Waals surface area contributed by atoms with Crippen LogP contribution < -0.4 is 0 Å². The van der Waals surface area contributed by atoms with Gasteiger partial charge in [0.15, 0.2) is 0 Å². The Labute approximate surface area is 99.1 Å². The van der Waals surface area contributed by atoms with Crippen LogP contribution in [0.4, 0.5) is 4.39 Å². The zero-order valence-corrected chi connectivity index (χ0v) is 9.66. The molecule has 2 rings (SSSR count). The summed E-state index contributed by atoms with van der Waals surface area (Å²) in [5.74, 6) is -1.57. The third-order valence-corrected chi connectivity index (χ3v) is 2.62. The highest BCUT2D eigenvalue weighted by Crippen LogP contribution is 2.23. The summed E-state index contributed by atoms with van der Waals surface area (Å²) in [7, 11) is 0. The van der Waals surface area contributed by atoms with Crippen molar-refractivity contribution in [1.29, 1.82) is 0 Å². The molecule has 0 saturated heterocycles. The average Bonchev–Trinajstić information content (AvgIpc) is 2.22. The lowest BCUT2D eigenvalue weighted by Crippen LogP contribution is -2.03. The standard InChI is InChI=1S/C11H7BrFNO2/c12-7-4-8-9(14-5-7)2-1-6(11(8)13)3-10(15)16/h1-2,4-5H,3H2,(H,15,16). The zero-order chi connectivity index (χ0) is 11.7. The molecule has 0 aliphatic carbocycles. The van der Waals surface area contributed by atoms with E-state index in [1.54, 1.807) is 18.3 Å². The van der Waals surface area contributed by atoms with E-state index in [1.165, 1.54) is 6.07 Å². The van der Waals surface area contributed by atoms with Crippen molar-refractivity contribution in [2.45, 2.75) is 6.42 Å². The first-order valence-electron chi connectivity index (χ1n) is 4.52. The van der Waals surface area contributed by atoms with E-state index >= 15 is 0 Å². The van der Waals surface area contributed by atoms with Crippen molar-refractivity contribution in [3.05, 3.63) is 40.2 Å². The number of benzene rings is 1. The predicted molar refractivity (Wildman–Crippen MR) is 60.7 cm³/mol. The van der Waals surface area contributed by atoms with Crippen LogP contribution in [-0.2, 0) is 11.2 Å². The summed E-state index contributed by atoms with van der Waals surface area (Å²) in [5.41, 5.74) is 0.676. The number of aromatic nitrogens is 1. The van der Waals surface area contributed by atoms with Gasteiger partial charge in [0.25, 0.3) is 0 Å². The van der Waals surface area contributed by atoms with Gasteiger partial charge in [-0.05, 0) is 33.6 Å². The topological polar surface area (TPSA) is 50.2 Å². The molecule has 82 valence electrons. The van der Waals surface area contributed by atoms with Gasteiger partial charge in [-0.2, -0.15) is 0 Å². The number of hydrogen-bond acceptors (Lipinski definition) is 2. The minimum atomic E-state index is -1.05. The Balaban J connectivity index is 2.63. The van der Waals surface area contributed by atoms with Crippen molar-refractivity contribution in [1.82, 2.24) is 4.98 Å². The summed E-state index contributed by atoms with van der Waals surface area (Å²) < 4.78 is 14.5. The van der Waals surface area contributed by atoms with Gasteiger partial charge in [-0.15, -0.1) is 0 Å². The Morgan fingerprint density at radius 2 is 2.25 bits per heavy atom. The molecular formula is C11H7BrFNO2. The Bertz CT molecular complexity index is 571. The van der Waals surface area contributed by atoms with E-state index in [-0.39, 0.29) is 12.0 Å². The van der Waals surface area contributed by atoms with E-state index in [1.807, 2.05) is 0 Å². The van der Waals surface area contributed by atoms with Gasteiger partial charge in [-0.1, -0.05) is 6.07 Å². The monoisotopic (exact) mass is 283 g/mol. The van der Waals surface area contributed by atoms with Gasteiger partial charge in [-0.3, -0.25) is 9.78 Å². The minimum absolute atomic E-state index is 0.167. The molecule has 0 fully saturated rings. The maximum atomic E-state index is 13.9. The van der Waals surface area contributed by atoms with Gasteiger partial charge in [0.1, 0.15) is 5.82 Å². The van der Waals surface area contributed by atoms with E-state index in [2.05, 4.69) is 20.9 Å². The second-order valence-electron chi connectivity index (χ2n) is 3.33. The fourth-order valence-electron chi connectivity index (χ4n) is 1.48. The van der Waals surface area contributed by atoms with Crippen LogP contribution in [0.15, 0.2) is 28.9 Å².